The SMILES string of the molecule is CC.COC(=O)c1c(F)cc(Br)c(F)c1N. The van der Waals surface area contributed by atoms with Crippen LogP contribution < -0.4 is 5.73 Å². The van der Waals surface area contributed by atoms with Gasteiger partial charge in [0.25, 0.3) is 0 Å². The van der Waals surface area contributed by atoms with E-state index in [4.69, 9.17) is 5.73 Å². The number of anilines is 1. The fraction of sp³-hybridized carbons (Fsp3) is 0.300. The lowest BCUT2D eigenvalue weighted by Gasteiger charge is -2.07. The van der Waals surface area contributed by atoms with Crippen LogP contribution in [0.15, 0.2) is 10.5 Å². The van der Waals surface area contributed by atoms with Crippen LogP contribution in [0.3, 0.4) is 0 Å². The Bertz CT molecular complexity index is 397. The van der Waals surface area contributed by atoms with Crippen LogP contribution >= 0.6 is 15.9 Å². The molecule has 0 aliphatic rings. The number of halogens is 3. The van der Waals surface area contributed by atoms with Crippen LogP contribution in [0.4, 0.5) is 14.5 Å². The molecule has 6 heteroatoms. The van der Waals surface area contributed by atoms with Crippen LogP contribution in [-0.2, 0) is 4.74 Å². The van der Waals surface area contributed by atoms with Gasteiger partial charge in [0.15, 0.2) is 5.82 Å². The van der Waals surface area contributed by atoms with Gasteiger partial charge in [-0.15, -0.1) is 0 Å². The molecule has 1 aromatic carbocycles. The van der Waals surface area contributed by atoms with Gasteiger partial charge in [0, 0.05) is 0 Å². The zero-order valence-corrected chi connectivity index (χ0v) is 10.7. The van der Waals surface area contributed by atoms with Gasteiger partial charge in [-0.1, -0.05) is 13.8 Å². The summed E-state index contributed by atoms with van der Waals surface area (Å²) in [4.78, 5) is 11.0. The molecular formula is C10H12BrF2NO2. The van der Waals surface area contributed by atoms with Crippen LogP contribution in [0.25, 0.3) is 0 Å². The highest BCUT2D eigenvalue weighted by Gasteiger charge is 2.21. The number of hydrogen-bond acceptors (Lipinski definition) is 3. The van der Waals surface area contributed by atoms with Crippen LogP contribution in [-0.4, -0.2) is 13.1 Å². The van der Waals surface area contributed by atoms with E-state index in [1.165, 1.54) is 0 Å². The zero-order chi connectivity index (χ0) is 12.9. The van der Waals surface area contributed by atoms with E-state index in [9.17, 15) is 13.6 Å². The van der Waals surface area contributed by atoms with Crippen molar-refractivity contribution in [3.63, 3.8) is 0 Å². The number of nitrogen functional groups attached to an aromatic ring is 1. The minimum absolute atomic E-state index is 0.139. The van der Waals surface area contributed by atoms with Crippen molar-refractivity contribution in [1.29, 1.82) is 0 Å². The maximum Gasteiger partial charge on any atom is 0.343 e. The Hall–Kier alpha value is -1.17. The Morgan fingerprint density at radius 3 is 2.38 bits per heavy atom. The van der Waals surface area contributed by atoms with E-state index in [1.54, 1.807) is 0 Å². The van der Waals surface area contributed by atoms with Gasteiger partial charge >= 0.3 is 5.97 Å². The number of rotatable bonds is 1. The molecular weight excluding hydrogens is 284 g/mol. The smallest absolute Gasteiger partial charge is 0.343 e. The van der Waals surface area contributed by atoms with Gasteiger partial charge in [-0.3, -0.25) is 0 Å². The van der Waals surface area contributed by atoms with Gasteiger partial charge in [0.05, 0.1) is 17.3 Å². The second kappa shape index (κ2) is 6.42. The molecule has 0 bridgehead atoms. The molecule has 1 rings (SSSR count). The molecule has 0 atom stereocenters. The van der Waals surface area contributed by atoms with Gasteiger partial charge in [-0.25, -0.2) is 13.6 Å². The Morgan fingerprint density at radius 1 is 1.44 bits per heavy atom. The summed E-state index contributed by atoms with van der Waals surface area (Å²) in [5, 5.41) is 0. The second-order valence-corrected chi connectivity index (χ2v) is 3.29. The number of benzene rings is 1. The number of ether oxygens (including phenoxy) is 1. The predicted molar refractivity (Wildman–Crippen MR) is 61.2 cm³/mol. The molecule has 0 radical (unpaired) electrons. The van der Waals surface area contributed by atoms with Crippen LogP contribution in [0.2, 0.25) is 0 Å². The molecule has 0 aliphatic heterocycles. The Morgan fingerprint density at radius 2 is 1.94 bits per heavy atom. The van der Waals surface area contributed by atoms with Crippen molar-refractivity contribution in [3.05, 3.63) is 27.7 Å². The topological polar surface area (TPSA) is 52.3 Å². The number of carbonyl (C=O) groups is 1. The molecule has 0 spiro atoms. The van der Waals surface area contributed by atoms with Gasteiger partial charge in [0.2, 0.25) is 0 Å². The molecule has 2 N–H and O–H groups in total. The fourth-order valence-corrected chi connectivity index (χ4v) is 1.34. The molecule has 90 valence electrons. The second-order valence-electron chi connectivity index (χ2n) is 2.43. The van der Waals surface area contributed by atoms with Crippen molar-refractivity contribution in [2.75, 3.05) is 12.8 Å². The number of nitrogens with two attached hydrogens (primary N) is 1. The number of carbonyl (C=O) groups excluding carboxylic acids is 1. The van der Waals surface area contributed by atoms with E-state index in [0.717, 1.165) is 13.2 Å². The maximum atomic E-state index is 13.2. The average molecular weight is 296 g/mol. The number of methoxy groups -OCH3 is 1. The minimum Gasteiger partial charge on any atom is -0.465 e. The van der Waals surface area contributed by atoms with Crippen molar-refractivity contribution >= 4 is 27.6 Å². The molecule has 0 unspecified atom stereocenters. The highest BCUT2D eigenvalue weighted by atomic mass is 79.9. The average Bonchev–Trinajstić information content (AvgIpc) is 2.28. The lowest BCUT2D eigenvalue weighted by Crippen LogP contribution is -2.10. The van der Waals surface area contributed by atoms with Crippen molar-refractivity contribution < 1.29 is 18.3 Å². The quantitative estimate of drug-likeness (QED) is 0.492. The standard InChI is InChI=1S/C8H6BrF2NO2.C2H6/c1-14-8(13)5-4(10)2-3(9)6(11)7(5)12;1-2/h2H,12H2,1H3;1-2H3. The lowest BCUT2D eigenvalue weighted by molar-refractivity contribution is 0.0596. The minimum atomic E-state index is -1.01. The van der Waals surface area contributed by atoms with Crippen molar-refractivity contribution in [2.24, 2.45) is 0 Å². The summed E-state index contributed by atoms with van der Waals surface area (Å²) < 4.78 is 30.4. The highest BCUT2D eigenvalue weighted by molar-refractivity contribution is 9.10. The van der Waals surface area contributed by atoms with Gasteiger partial charge < -0.3 is 10.5 Å². The first-order valence-electron chi connectivity index (χ1n) is 4.50. The summed E-state index contributed by atoms with van der Waals surface area (Å²) >= 11 is 2.75. The molecule has 0 saturated carbocycles. The molecule has 16 heavy (non-hydrogen) atoms. The van der Waals surface area contributed by atoms with Crippen LogP contribution in [0.1, 0.15) is 24.2 Å². The van der Waals surface area contributed by atoms with E-state index >= 15 is 0 Å². The maximum absolute atomic E-state index is 13.2. The van der Waals surface area contributed by atoms with Gasteiger partial charge in [-0.2, -0.15) is 0 Å². The van der Waals surface area contributed by atoms with Crippen molar-refractivity contribution in [1.82, 2.24) is 0 Å². The Balaban J connectivity index is 0.00000106. The molecule has 3 nitrogen and oxygen atoms in total. The monoisotopic (exact) mass is 295 g/mol. The van der Waals surface area contributed by atoms with Crippen LogP contribution in [0.5, 0.6) is 0 Å². The zero-order valence-electron chi connectivity index (χ0n) is 9.11. The molecule has 0 aliphatic carbocycles. The summed E-state index contributed by atoms with van der Waals surface area (Å²) in [6.45, 7) is 4.00. The first-order valence-corrected chi connectivity index (χ1v) is 5.29. The summed E-state index contributed by atoms with van der Waals surface area (Å²) in [5.74, 6) is -2.82. The lowest BCUT2D eigenvalue weighted by atomic mass is 10.1. The summed E-state index contributed by atoms with van der Waals surface area (Å²) in [6, 6.07) is 0.817. The largest absolute Gasteiger partial charge is 0.465 e. The molecule has 1 aromatic rings. The molecule has 0 fully saturated rings. The third-order valence-electron chi connectivity index (χ3n) is 1.60. The van der Waals surface area contributed by atoms with E-state index in [0.29, 0.717) is 0 Å². The molecule has 0 heterocycles. The number of hydrogen-bond donors (Lipinski definition) is 1. The molecule has 0 saturated heterocycles. The van der Waals surface area contributed by atoms with E-state index < -0.39 is 28.9 Å². The molecule has 0 aromatic heterocycles. The van der Waals surface area contributed by atoms with Crippen LogP contribution in [0, 0.1) is 11.6 Å². The predicted octanol–water partition coefficient (Wildman–Crippen LogP) is 3.12. The summed E-state index contributed by atoms with van der Waals surface area (Å²) in [6.07, 6.45) is 0. The Kier molecular flexibility index (Phi) is 5.95. The first-order chi connectivity index (χ1) is 7.49. The van der Waals surface area contributed by atoms with Crippen molar-refractivity contribution in [3.8, 4) is 0 Å². The van der Waals surface area contributed by atoms with E-state index in [1.807, 2.05) is 13.8 Å². The summed E-state index contributed by atoms with van der Waals surface area (Å²) in [5.41, 5.74) is 4.06. The molecule has 0 amide bonds. The van der Waals surface area contributed by atoms with E-state index in [2.05, 4.69) is 20.7 Å². The number of esters is 1. The fourth-order valence-electron chi connectivity index (χ4n) is 0.923. The Labute approximate surface area is 101 Å². The third-order valence-corrected chi connectivity index (χ3v) is 2.17. The first kappa shape index (κ1) is 14.8. The van der Waals surface area contributed by atoms with Crippen molar-refractivity contribution in [2.45, 2.75) is 13.8 Å². The van der Waals surface area contributed by atoms with Gasteiger partial charge in [-0.05, 0) is 22.0 Å². The summed E-state index contributed by atoms with van der Waals surface area (Å²) in [7, 11) is 1.06. The normalized spacial score (nSPS) is 9.12. The third kappa shape index (κ3) is 2.91. The highest BCUT2D eigenvalue weighted by Crippen LogP contribution is 2.27. The van der Waals surface area contributed by atoms with Gasteiger partial charge in [0.1, 0.15) is 11.4 Å². The van der Waals surface area contributed by atoms with E-state index in [-0.39, 0.29) is 4.47 Å².